The monoisotopic (exact) mass is 212 g/mol. The number of rotatable bonds is 4. The zero-order chi connectivity index (χ0) is 11.4. The molecule has 0 aromatic carbocycles. The lowest BCUT2D eigenvalue weighted by atomic mass is 9.91. The van der Waals surface area contributed by atoms with E-state index >= 15 is 0 Å². The average Bonchev–Trinajstić information content (AvgIpc) is 2.02. The first-order chi connectivity index (χ1) is 6.36. The quantitative estimate of drug-likeness (QED) is 0.411. The SMILES string of the molecule is CNC(=O)C(C(F)F)C(C)(F)C=NO. The summed E-state index contributed by atoms with van der Waals surface area (Å²) in [5, 5.41) is 12.3. The molecule has 0 saturated heterocycles. The van der Waals surface area contributed by atoms with E-state index in [-0.39, 0.29) is 6.21 Å². The summed E-state index contributed by atoms with van der Waals surface area (Å²) in [5.74, 6) is -3.34. The van der Waals surface area contributed by atoms with Crippen LogP contribution in [-0.2, 0) is 4.79 Å². The van der Waals surface area contributed by atoms with Crippen molar-refractivity contribution in [2.24, 2.45) is 11.1 Å². The standard InChI is InChI=1S/C7H11F3N2O2/c1-7(10,3-12-14)4(5(8)9)6(13)11-2/h3-5,14H,1-2H3,(H,11,13). The Morgan fingerprint density at radius 1 is 1.64 bits per heavy atom. The number of carbonyl (C=O) groups excluding carboxylic acids is 1. The minimum absolute atomic E-state index is 0.263. The molecular formula is C7H11F3N2O2. The first kappa shape index (κ1) is 12.7. The lowest BCUT2D eigenvalue weighted by Crippen LogP contribution is -2.46. The van der Waals surface area contributed by atoms with Crippen LogP contribution >= 0.6 is 0 Å². The van der Waals surface area contributed by atoms with E-state index in [4.69, 9.17) is 5.21 Å². The molecule has 1 amide bonds. The van der Waals surface area contributed by atoms with Gasteiger partial charge in [0.1, 0.15) is 5.92 Å². The average molecular weight is 212 g/mol. The highest BCUT2D eigenvalue weighted by atomic mass is 19.3. The molecule has 2 unspecified atom stereocenters. The summed E-state index contributed by atoms with van der Waals surface area (Å²) >= 11 is 0. The largest absolute Gasteiger partial charge is 0.411 e. The van der Waals surface area contributed by atoms with Crippen molar-refractivity contribution in [2.45, 2.75) is 19.0 Å². The molecule has 0 heterocycles. The summed E-state index contributed by atoms with van der Waals surface area (Å²) < 4.78 is 38.0. The summed E-state index contributed by atoms with van der Waals surface area (Å²) in [5.41, 5.74) is -2.69. The highest BCUT2D eigenvalue weighted by Gasteiger charge is 2.44. The Kier molecular flexibility index (Phi) is 4.39. The minimum Gasteiger partial charge on any atom is -0.411 e. The van der Waals surface area contributed by atoms with E-state index in [0.717, 1.165) is 14.0 Å². The van der Waals surface area contributed by atoms with Crippen LogP contribution in [-0.4, -0.2) is 36.5 Å². The highest BCUT2D eigenvalue weighted by Crippen LogP contribution is 2.26. The molecule has 82 valence electrons. The van der Waals surface area contributed by atoms with E-state index in [1.807, 2.05) is 5.32 Å². The van der Waals surface area contributed by atoms with Crippen molar-refractivity contribution in [1.82, 2.24) is 5.32 Å². The fourth-order valence-corrected chi connectivity index (χ4v) is 0.966. The maximum atomic E-state index is 13.4. The number of nitrogens with one attached hydrogen (secondary N) is 1. The molecule has 2 N–H and O–H groups in total. The van der Waals surface area contributed by atoms with E-state index in [9.17, 15) is 18.0 Å². The van der Waals surface area contributed by atoms with Crippen LogP contribution in [0.25, 0.3) is 0 Å². The second-order valence-electron chi connectivity index (χ2n) is 2.82. The number of halogens is 3. The molecule has 0 aliphatic rings. The number of hydrogen-bond donors (Lipinski definition) is 2. The molecule has 0 aromatic rings. The number of alkyl halides is 3. The van der Waals surface area contributed by atoms with E-state index in [0.29, 0.717) is 0 Å². The van der Waals surface area contributed by atoms with Crippen LogP contribution in [0.1, 0.15) is 6.92 Å². The molecule has 4 nitrogen and oxygen atoms in total. The first-order valence-electron chi connectivity index (χ1n) is 3.74. The van der Waals surface area contributed by atoms with E-state index in [1.54, 1.807) is 0 Å². The van der Waals surface area contributed by atoms with Gasteiger partial charge in [0.25, 0.3) is 6.43 Å². The Morgan fingerprint density at radius 2 is 2.14 bits per heavy atom. The van der Waals surface area contributed by atoms with Crippen molar-refractivity contribution in [3.63, 3.8) is 0 Å². The third-order valence-electron chi connectivity index (χ3n) is 1.70. The van der Waals surface area contributed by atoms with Crippen LogP contribution in [0.4, 0.5) is 13.2 Å². The van der Waals surface area contributed by atoms with Crippen LogP contribution < -0.4 is 5.32 Å². The summed E-state index contributed by atoms with van der Waals surface area (Å²) in [6, 6.07) is 0. The van der Waals surface area contributed by atoms with Gasteiger partial charge in [-0.25, -0.2) is 13.2 Å². The van der Waals surface area contributed by atoms with E-state index < -0.39 is 23.9 Å². The van der Waals surface area contributed by atoms with Crippen molar-refractivity contribution < 1.29 is 23.2 Å². The summed E-state index contributed by atoms with van der Waals surface area (Å²) in [7, 11) is 1.11. The van der Waals surface area contributed by atoms with Gasteiger partial charge >= 0.3 is 0 Å². The Balaban J connectivity index is 4.90. The van der Waals surface area contributed by atoms with Gasteiger partial charge in [-0.3, -0.25) is 4.79 Å². The molecule has 0 spiro atoms. The Bertz CT molecular complexity index is 231. The Labute approximate surface area is 78.8 Å². The van der Waals surface area contributed by atoms with Crippen molar-refractivity contribution in [1.29, 1.82) is 0 Å². The fourth-order valence-electron chi connectivity index (χ4n) is 0.966. The molecule has 0 aliphatic carbocycles. The Hall–Kier alpha value is -1.27. The van der Waals surface area contributed by atoms with Crippen LogP contribution in [0.5, 0.6) is 0 Å². The number of carbonyl (C=O) groups is 1. The van der Waals surface area contributed by atoms with E-state index in [2.05, 4.69) is 5.16 Å². The molecule has 0 rings (SSSR count). The Morgan fingerprint density at radius 3 is 2.43 bits per heavy atom. The molecule has 7 heteroatoms. The summed E-state index contributed by atoms with van der Waals surface area (Å²) in [4.78, 5) is 10.9. The van der Waals surface area contributed by atoms with Crippen molar-refractivity contribution >= 4 is 12.1 Å². The topological polar surface area (TPSA) is 61.7 Å². The van der Waals surface area contributed by atoms with Gasteiger partial charge in [0.2, 0.25) is 5.91 Å². The van der Waals surface area contributed by atoms with Gasteiger partial charge in [0, 0.05) is 7.05 Å². The van der Waals surface area contributed by atoms with Gasteiger partial charge in [-0.1, -0.05) is 5.16 Å². The van der Waals surface area contributed by atoms with Crippen LogP contribution in [0.15, 0.2) is 5.16 Å². The maximum Gasteiger partial charge on any atom is 0.253 e. The molecule has 0 aliphatic heterocycles. The normalized spacial score (nSPS) is 18.1. The molecule has 0 fully saturated rings. The number of nitrogens with zero attached hydrogens (tertiary/aromatic N) is 1. The fraction of sp³-hybridized carbons (Fsp3) is 0.714. The minimum atomic E-state index is -3.18. The van der Waals surface area contributed by atoms with Crippen molar-refractivity contribution in [3.05, 3.63) is 0 Å². The molecule has 2 atom stereocenters. The first-order valence-corrected chi connectivity index (χ1v) is 3.74. The maximum absolute atomic E-state index is 13.4. The number of hydrogen-bond acceptors (Lipinski definition) is 3. The molecule has 0 aromatic heterocycles. The smallest absolute Gasteiger partial charge is 0.253 e. The third kappa shape index (κ3) is 2.90. The van der Waals surface area contributed by atoms with Gasteiger partial charge in [-0.05, 0) is 6.92 Å². The van der Waals surface area contributed by atoms with Crippen LogP contribution in [0.2, 0.25) is 0 Å². The van der Waals surface area contributed by atoms with Crippen LogP contribution in [0.3, 0.4) is 0 Å². The predicted octanol–water partition coefficient (Wildman–Crippen LogP) is 0.802. The van der Waals surface area contributed by atoms with E-state index in [1.165, 1.54) is 0 Å². The second-order valence-corrected chi connectivity index (χ2v) is 2.82. The van der Waals surface area contributed by atoms with Gasteiger partial charge in [-0.2, -0.15) is 0 Å². The number of oxime groups is 1. The highest BCUT2D eigenvalue weighted by molar-refractivity contribution is 5.85. The molecule has 0 saturated carbocycles. The van der Waals surface area contributed by atoms with Gasteiger partial charge in [-0.15, -0.1) is 0 Å². The summed E-state index contributed by atoms with van der Waals surface area (Å²) in [6.45, 7) is 0.735. The summed E-state index contributed by atoms with van der Waals surface area (Å²) in [6.07, 6.45) is -2.91. The van der Waals surface area contributed by atoms with Crippen molar-refractivity contribution in [2.75, 3.05) is 7.05 Å². The van der Waals surface area contributed by atoms with Gasteiger partial charge in [0.05, 0.1) is 6.21 Å². The second kappa shape index (κ2) is 4.83. The zero-order valence-electron chi connectivity index (χ0n) is 7.67. The molecular weight excluding hydrogens is 201 g/mol. The van der Waals surface area contributed by atoms with Crippen LogP contribution in [0, 0.1) is 5.92 Å². The molecule has 0 bridgehead atoms. The lowest BCUT2D eigenvalue weighted by molar-refractivity contribution is -0.134. The van der Waals surface area contributed by atoms with Gasteiger partial charge in [0.15, 0.2) is 5.67 Å². The number of amides is 1. The third-order valence-corrected chi connectivity index (χ3v) is 1.70. The molecule has 0 radical (unpaired) electrons. The predicted molar refractivity (Wildman–Crippen MR) is 43.4 cm³/mol. The zero-order valence-corrected chi connectivity index (χ0v) is 7.67. The van der Waals surface area contributed by atoms with Crippen molar-refractivity contribution in [3.8, 4) is 0 Å². The molecule has 14 heavy (non-hydrogen) atoms. The van der Waals surface area contributed by atoms with Gasteiger partial charge < -0.3 is 10.5 Å². The lowest BCUT2D eigenvalue weighted by Gasteiger charge is -2.24.